The van der Waals surface area contributed by atoms with E-state index in [9.17, 15) is 9.59 Å². The van der Waals surface area contributed by atoms with Gasteiger partial charge in [0.2, 0.25) is 11.8 Å². The smallest absolute Gasteiger partial charge is 0.242 e. The van der Waals surface area contributed by atoms with E-state index in [-0.39, 0.29) is 24.4 Å². The van der Waals surface area contributed by atoms with Crippen molar-refractivity contribution in [2.45, 2.75) is 31.7 Å². The van der Waals surface area contributed by atoms with Crippen LogP contribution >= 0.6 is 0 Å². The van der Waals surface area contributed by atoms with Gasteiger partial charge >= 0.3 is 0 Å². The van der Waals surface area contributed by atoms with Gasteiger partial charge in [0.25, 0.3) is 0 Å². The molecule has 0 spiro atoms. The second-order valence-electron chi connectivity index (χ2n) is 6.51. The van der Waals surface area contributed by atoms with Gasteiger partial charge in [0.15, 0.2) is 0 Å². The van der Waals surface area contributed by atoms with Crippen LogP contribution in [0.5, 0.6) is 0 Å². The molecule has 0 radical (unpaired) electrons. The molecular weight excluding hydrogens is 292 g/mol. The topological polar surface area (TPSA) is 56.8 Å². The quantitative estimate of drug-likeness (QED) is 0.843. The summed E-state index contributed by atoms with van der Waals surface area (Å²) >= 11 is 0. The summed E-state index contributed by atoms with van der Waals surface area (Å²) in [5, 5.41) is 0. The number of rotatable bonds is 4. The molecule has 3 heterocycles. The molecule has 0 bridgehead atoms. The Kier molecular flexibility index (Phi) is 4.50. The van der Waals surface area contributed by atoms with E-state index < -0.39 is 0 Å². The van der Waals surface area contributed by atoms with E-state index in [0.717, 1.165) is 37.2 Å². The number of hydrogen-bond donors (Lipinski definition) is 0. The lowest BCUT2D eigenvalue weighted by Crippen LogP contribution is -2.40. The summed E-state index contributed by atoms with van der Waals surface area (Å²) < 4.78 is 0. The Labute approximate surface area is 137 Å². The van der Waals surface area contributed by atoms with Crippen LogP contribution in [0.15, 0.2) is 18.3 Å². The first kappa shape index (κ1) is 15.8. The summed E-state index contributed by atoms with van der Waals surface area (Å²) in [6, 6.07) is 4.14. The third-order valence-electron chi connectivity index (χ3n) is 4.68. The van der Waals surface area contributed by atoms with Crippen LogP contribution in [0.2, 0.25) is 0 Å². The zero-order valence-electron chi connectivity index (χ0n) is 13.9. The maximum absolute atomic E-state index is 12.7. The van der Waals surface area contributed by atoms with Gasteiger partial charge in [0, 0.05) is 39.8 Å². The molecule has 2 amide bonds. The normalized spacial score (nSPS) is 21.1. The number of likely N-dealkylation sites (tertiary alicyclic amines) is 2. The summed E-state index contributed by atoms with van der Waals surface area (Å²) in [7, 11) is 3.92. The molecule has 0 aromatic carbocycles. The van der Waals surface area contributed by atoms with Crippen LogP contribution in [0, 0.1) is 0 Å². The van der Waals surface area contributed by atoms with E-state index in [1.807, 2.05) is 30.0 Å². The third kappa shape index (κ3) is 3.30. The van der Waals surface area contributed by atoms with Crippen LogP contribution in [-0.4, -0.2) is 60.3 Å². The van der Waals surface area contributed by atoms with Crippen molar-refractivity contribution in [2.75, 3.05) is 38.6 Å². The minimum Gasteiger partial charge on any atom is -0.363 e. The Morgan fingerprint density at radius 3 is 2.87 bits per heavy atom. The third-order valence-corrected chi connectivity index (χ3v) is 4.68. The maximum Gasteiger partial charge on any atom is 0.242 e. The Morgan fingerprint density at radius 1 is 1.35 bits per heavy atom. The average molecular weight is 316 g/mol. The van der Waals surface area contributed by atoms with Crippen LogP contribution in [0.1, 0.15) is 37.3 Å². The summed E-state index contributed by atoms with van der Waals surface area (Å²) in [4.78, 5) is 34.3. The molecule has 1 atom stereocenters. The molecule has 2 fully saturated rings. The fourth-order valence-corrected chi connectivity index (χ4v) is 3.42. The number of nitrogens with zero attached hydrogens (tertiary/aromatic N) is 4. The van der Waals surface area contributed by atoms with Gasteiger partial charge in [-0.25, -0.2) is 4.98 Å². The molecule has 2 aliphatic rings. The van der Waals surface area contributed by atoms with Crippen molar-refractivity contribution in [1.82, 2.24) is 14.8 Å². The fourth-order valence-electron chi connectivity index (χ4n) is 3.42. The van der Waals surface area contributed by atoms with E-state index in [0.29, 0.717) is 13.0 Å². The molecule has 3 rings (SSSR count). The Bertz CT molecular complexity index is 602. The van der Waals surface area contributed by atoms with Crippen molar-refractivity contribution < 1.29 is 9.59 Å². The van der Waals surface area contributed by atoms with E-state index >= 15 is 0 Å². The van der Waals surface area contributed by atoms with Crippen LogP contribution in [0.25, 0.3) is 0 Å². The number of pyridine rings is 1. The number of hydrogen-bond acceptors (Lipinski definition) is 4. The molecule has 2 aliphatic heterocycles. The van der Waals surface area contributed by atoms with E-state index in [1.165, 1.54) is 0 Å². The van der Waals surface area contributed by atoms with Crippen molar-refractivity contribution in [3.8, 4) is 0 Å². The highest BCUT2D eigenvalue weighted by molar-refractivity contribution is 5.86. The molecule has 0 N–H and O–H groups in total. The fraction of sp³-hybridized carbons (Fsp3) is 0.588. The minimum atomic E-state index is 0.0611. The van der Waals surface area contributed by atoms with Crippen molar-refractivity contribution in [2.24, 2.45) is 0 Å². The van der Waals surface area contributed by atoms with Crippen molar-refractivity contribution in [3.05, 3.63) is 23.9 Å². The Balaban J connectivity index is 1.73. The zero-order valence-corrected chi connectivity index (χ0v) is 13.9. The molecule has 124 valence electrons. The SMILES string of the molecule is CN(C)c1cc([C@H]2CCCN2C(=O)CN2CCCC2=O)ccn1. The zero-order chi connectivity index (χ0) is 16.4. The first-order valence-corrected chi connectivity index (χ1v) is 8.27. The highest BCUT2D eigenvalue weighted by Gasteiger charge is 2.32. The predicted molar refractivity (Wildman–Crippen MR) is 88.1 cm³/mol. The van der Waals surface area contributed by atoms with Crippen LogP contribution in [-0.2, 0) is 9.59 Å². The van der Waals surface area contributed by atoms with Gasteiger partial charge in [0.1, 0.15) is 5.82 Å². The molecular formula is C17H24N4O2. The first-order chi connectivity index (χ1) is 11.1. The number of carbonyl (C=O) groups excluding carboxylic acids is 2. The summed E-state index contributed by atoms with van der Waals surface area (Å²) in [6.07, 6.45) is 5.22. The number of carbonyl (C=O) groups is 2. The molecule has 2 saturated heterocycles. The molecule has 23 heavy (non-hydrogen) atoms. The maximum atomic E-state index is 12.7. The monoisotopic (exact) mass is 316 g/mol. The lowest BCUT2D eigenvalue weighted by molar-refractivity contribution is -0.139. The van der Waals surface area contributed by atoms with Gasteiger partial charge in [0.05, 0.1) is 12.6 Å². The highest BCUT2D eigenvalue weighted by atomic mass is 16.2. The minimum absolute atomic E-state index is 0.0611. The average Bonchev–Trinajstić information content (AvgIpc) is 3.17. The Morgan fingerprint density at radius 2 is 2.17 bits per heavy atom. The standard InChI is InChI=1S/C17H24N4O2/c1-19(2)15-11-13(7-8-18-15)14-5-3-10-21(14)17(23)12-20-9-4-6-16(20)22/h7-8,11,14H,3-6,9-10,12H2,1-2H3/t14-/m1/s1. The second-order valence-corrected chi connectivity index (χ2v) is 6.51. The van der Waals surface area contributed by atoms with Gasteiger partial charge in [-0.1, -0.05) is 0 Å². The molecule has 6 heteroatoms. The number of amides is 2. The van der Waals surface area contributed by atoms with Crippen molar-refractivity contribution in [3.63, 3.8) is 0 Å². The van der Waals surface area contributed by atoms with Crippen molar-refractivity contribution in [1.29, 1.82) is 0 Å². The first-order valence-electron chi connectivity index (χ1n) is 8.27. The summed E-state index contributed by atoms with van der Waals surface area (Å²) in [6.45, 7) is 1.70. The Hall–Kier alpha value is -2.11. The molecule has 0 unspecified atom stereocenters. The molecule has 0 aliphatic carbocycles. The van der Waals surface area contributed by atoms with Gasteiger partial charge < -0.3 is 14.7 Å². The largest absolute Gasteiger partial charge is 0.363 e. The highest BCUT2D eigenvalue weighted by Crippen LogP contribution is 2.33. The van der Waals surface area contributed by atoms with E-state index in [2.05, 4.69) is 11.1 Å². The van der Waals surface area contributed by atoms with Crippen LogP contribution < -0.4 is 4.90 Å². The van der Waals surface area contributed by atoms with Gasteiger partial charge in [-0.3, -0.25) is 9.59 Å². The van der Waals surface area contributed by atoms with Gasteiger partial charge in [-0.2, -0.15) is 0 Å². The lowest BCUT2D eigenvalue weighted by atomic mass is 10.1. The van der Waals surface area contributed by atoms with Crippen molar-refractivity contribution >= 4 is 17.6 Å². The summed E-state index contributed by atoms with van der Waals surface area (Å²) in [5.74, 6) is 1.07. The van der Waals surface area contributed by atoms with E-state index in [1.54, 1.807) is 11.1 Å². The van der Waals surface area contributed by atoms with Gasteiger partial charge in [-0.15, -0.1) is 0 Å². The molecule has 1 aromatic rings. The van der Waals surface area contributed by atoms with Gasteiger partial charge in [-0.05, 0) is 37.0 Å². The number of anilines is 1. The lowest BCUT2D eigenvalue weighted by Gasteiger charge is -2.27. The van der Waals surface area contributed by atoms with E-state index in [4.69, 9.17) is 0 Å². The molecule has 0 saturated carbocycles. The molecule has 1 aromatic heterocycles. The van der Waals surface area contributed by atoms with Crippen LogP contribution in [0.4, 0.5) is 5.82 Å². The second kappa shape index (κ2) is 6.56. The number of aromatic nitrogens is 1. The summed E-state index contributed by atoms with van der Waals surface area (Å²) in [5.41, 5.74) is 1.13. The predicted octanol–water partition coefficient (Wildman–Crippen LogP) is 1.43. The van der Waals surface area contributed by atoms with Crippen LogP contribution in [0.3, 0.4) is 0 Å². The molecule has 6 nitrogen and oxygen atoms in total.